The third kappa shape index (κ3) is 2.12. The van der Waals surface area contributed by atoms with Gasteiger partial charge in [0.05, 0.1) is 11.6 Å². The first kappa shape index (κ1) is 12.3. The highest BCUT2D eigenvalue weighted by Gasteiger charge is 2.26. The minimum Gasteiger partial charge on any atom is -0.354 e. The molecule has 6 heteroatoms. The van der Waals surface area contributed by atoms with Crippen LogP contribution in [-0.2, 0) is 0 Å². The monoisotopic (exact) mass is 283 g/mol. The first-order valence-corrected chi connectivity index (χ1v) is 6.95. The van der Waals surface area contributed by atoms with E-state index in [1.165, 1.54) is 18.5 Å². The summed E-state index contributed by atoms with van der Waals surface area (Å²) in [6, 6.07) is 6.88. The molecule has 0 aliphatic carbocycles. The van der Waals surface area contributed by atoms with Crippen molar-refractivity contribution in [2.75, 3.05) is 18.0 Å². The van der Waals surface area contributed by atoms with Crippen molar-refractivity contribution in [2.45, 2.75) is 12.5 Å². The molecule has 0 spiro atoms. The Morgan fingerprint density at radius 2 is 2.19 bits per heavy atom. The van der Waals surface area contributed by atoms with Crippen molar-refractivity contribution in [3.63, 3.8) is 0 Å². The van der Waals surface area contributed by atoms with E-state index in [-0.39, 0.29) is 5.82 Å². The summed E-state index contributed by atoms with van der Waals surface area (Å²) in [5.74, 6) is 0.538. The van der Waals surface area contributed by atoms with Gasteiger partial charge in [-0.15, -0.1) is 0 Å². The van der Waals surface area contributed by atoms with Crippen molar-refractivity contribution in [1.29, 1.82) is 0 Å². The van der Waals surface area contributed by atoms with Crippen LogP contribution in [0.1, 0.15) is 12.5 Å². The number of rotatable bonds is 2. The number of hydrogen-bond donors (Lipinski definition) is 0. The highest BCUT2D eigenvalue weighted by molar-refractivity contribution is 5.89. The van der Waals surface area contributed by atoms with Crippen molar-refractivity contribution >= 4 is 16.7 Å². The van der Waals surface area contributed by atoms with Crippen LogP contribution in [0.4, 0.5) is 10.2 Å². The van der Waals surface area contributed by atoms with Gasteiger partial charge in [-0.25, -0.2) is 14.4 Å². The van der Waals surface area contributed by atoms with Gasteiger partial charge in [0.25, 0.3) is 0 Å². The Morgan fingerprint density at radius 1 is 1.24 bits per heavy atom. The molecule has 0 radical (unpaired) electrons. The van der Waals surface area contributed by atoms with Gasteiger partial charge in [-0.2, -0.15) is 5.10 Å². The molecule has 0 bridgehead atoms. The molecule has 1 aromatic carbocycles. The maximum Gasteiger partial charge on any atom is 0.140 e. The number of benzene rings is 1. The second kappa shape index (κ2) is 4.80. The van der Waals surface area contributed by atoms with Gasteiger partial charge in [-0.3, -0.25) is 4.68 Å². The highest BCUT2D eigenvalue weighted by Crippen LogP contribution is 2.29. The maximum atomic E-state index is 13.5. The van der Waals surface area contributed by atoms with E-state index in [4.69, 9.17) is 0 Å². The van der Waals surface area contributed by atoms with E-state index in [0.717, 1.165) is 36.2 Å². The lowest BCUT2D eigenvalue weighted by Crippen LogP contribution is -2.22. The maximum absolute atomic E-state index is 13.5. The SMILES string of the molecule is Fc1ccc2ncnc(N3CCC(n4cccn4)C3)c2c1. The fraction of sp³-hybridized carbons (Fsp3) is 0.267. The average Bonchev–Trinajstić information content (AvgIpc) is 3.17. The summed E-state index contributed by atoms with van der Waals surface area (Å²) in [7, 11) is 0. The minimum atomic E-state index is -0.263. The van der Waals surface area contributed by atoms with Crippen LogP contribution in [-0.4, -0.2) is 32.8 Å². The number of anilines is 1. The van der Waals surface area contributed by atoms with Crippen LogP contribution in [0, 0.1) is 5.82 Å². The summed E-state index contributed by atoms with van der Waals surface area (Å²) in [5, 5.41) is 5.06. The molecule has 1 saturated heterocycles. The predicted octanol–water partition coefficient (Wildman–Crippen LogP) is 2.42. The molecule has 1 aliphatic rings. The zero-order valence-electron chi connectivity index (χ0n) is 11.4. The van der Waals surface area contributed by atoms with Crippen LogP contribution < -0.4 is 4.90 Å². The quantitative estimate of drug-likeness (QED) is 0.724. The molecule has 21 heavy (non-hydrogen) atoms. The highest BCUT2D eigenvalue weighted by atomic mass is 19.1. The second-order valence-electron chi connectivity index (χ2n) is 5.23. The number of fused-ring (bicyclic) bond motifs is 1. The van der Waals surface area contributed by atoms with Gasteiger partial charge < -0.3 is 4.90 Å². The van der Waals surface area contributed by atoms with Crippen LogP contribution in [0.25, 0.3) is 10.9 Å². The van der Waals surface area contributed by atoms with E-state index in [0.29, 0.717) is 6.04 Å². The van der Waals surface area contributed by atoms with Crippen LogP contribution in [0.3, 0.4) is 0 Å². The summed E-state index contributed by atoms with van der Waals surface area (Å²) < 4.78 is 15.5. The molecule has 0 amide bonds. The largest absolute Gasteiger partial charge is 0.354 e. The zero-order chi connectivity index (χ0) is 14.2. The number of hydrogen-bond acceptors (Lipinski definition) is 4. The van der Waals surface area contributed by atoms with E-state index in [1.807, 2.05) is 16.9 Å². The molecule has 3 heterocycles. The first-order chi connectivity index (χ1) is 10.3. The molecular weight excluding hydrogens is 269 g/mol. The Hall–Kier alpha value is -2.50. The summed E-state index contributed by atoms with van der Waals surface area (Å²) in [4.78, 5) is 10.7. The van der Waals surface area contributed by atoms with Gasteiger partial charge in [0.2, 0.25) is 0 Å². The predicted molar refractivity (Wildman–Crippen MR) is 77.6 cm³/mol. The number of aromatic nitrogens is 4. The van der Waals surface area contributed by atoms with Gasteiger partial charge in [-0.1, -0.05) is 0 Å². The van der Waals surface area contributed by atoms with E-state index in [2.05, 4.69) is 20.0 Å². The van der Waals surface area contributed by atoms with E-state index in [9.17, 15) is 4.39 Å². The van der Waals surface area contributed by atoms with Crippen molar-refractivity contribution in [3.05, 3.63) is 48.8 Å². The Labute approximate surface area is 121 Å². The number of halogens is 1. The standard InChI is InChI=1S/C15H14FN5/c16-11-2-3-14-13(8-11)15(18-10-17-14)20-7-4-12(9-20)21-6-1-5-19-21/h1-3,5-6,8,10,12H,4,7,9H2. The molecule has 2 aromatic heterocycles. The van der Waals surface area contributed by atoms with Gasteiger partial charge in [0.1, 0.15) is 18.0 Å². The van der Waals surface area contributed by atoms with Crippen LogP contribution >= 0.6 is 0 Å². The molecular formula is C15H14FN5. The lowest BCUT2D eigenvalue weighted by atomic mass is 10.2. The third-order valence-electron chi connectivity index (χ3n) is 3.94. The summed E-state index contributed by atoms with van der Waals surface area (Å²) in [6.45, 7) is 1.71. The van der Waals surface area contributed by atoms with Gasteiger partial charge in [0, 0.05) is 30.9 Å². The first-order valence-electron chi connectivity index (χ1n) is 6.95. The Kier molecular flexibility index (Phi) is 2.80. The van der Waals surface area contributed by atoms with Crippen molar-refractivity contribution in [1.82, 2.24) is 19.7 Å². The molecule has 4 rings (SSSR count). The molecule has 0 N–H and O–H groups in total. The van der Waals surface area contributed by atoms with Crippen LogP contribution in [0.2, 0.25) is 0 Å². The van der Waals surface area contributed by atoms with Crippen LogP contribution in [0.15, 0.2) is 43.0 Å². The third-order valence-corrected chi connectivity index (χ3v) is 3.94. The molecule has 3 aromatic rings. The van der Waals surface area contributed by atoms with Gasteiger partial charge in [0.15, 0.2) is 0 Å². The van der Waals surface area contributed by atoms with Crippen molar-refractivity contribution in [3.8, 4) is 0 Å². The Morgan fingerprint density at radius 3 is 3.05 bits per heavy atom. The fourth-order valence-corrected chi connectivity index (χ4v) is 2.91. The zero-order valence-corrected chi connectivity index (χ0v) is 11.4. The van der Waals surface area contributed by atoms with Crippen LogP contribution in [0.5, 0.6) is 0 Å². The Balaban J connectivity index is 1.70. The van der Waals surface area contributed by atoms with E-state index < -0.39 is 0 Å². The molecule has 1 unspecified atom stereocenters. The molecule has 1 fully saturated rings. The van der Waals surface area contributed by atoms with Gasteiger partial charge >= 0.3 is 0 Å². The summed E-state index contributed by atoms with van der Waals surface area (Å²) in [5.41, 5.74) is 0.768. The second-order valence-corrected chi connectivity index (χ2v) is 5.23. The smallest absolute Gasteiger partial charge is 0.140 e. The molecule has 1 atom stereocenters. The van der Waals surface area contributed by atoms with E-state index in [1.54, 1.807) is 12.3 Å². The normalized spacial score (nSPS) is 18.5. The Bertz CT molecular complexity index is 771. The van der Waals surface area contributed by atoms with E-state index >= 15 is 0 Å². The molecule has 1 aliphatic heterocycles. The fourth-order valence-electron chi connectivity index (χ4n) is 2.91. The average molecular weight is 283 g/mol. The lowest BCUT2D eigenvalue weighted by molar-refractivity contribution is 0.494. The number of nitrogens with zero attached hydrogens (tertiary/aromatic N) is 5. The summed E-state index contributed by atoms with van der Waals surface area (Å²) >= 11 is 0. The van der Waals surface area contributed by atoms with Crippen molar-refractivity contribution < 1.29 is 4.39 Å². The topological polar surface area (TPSA) is 46.8 Å². The molecule has 0 saturated carbocycles. The molecule has 5 nitrogen and oxygen atoms in total. The van der Waals surface area contributed by atoms with Gasteiger partial charge in [-0.05, 0) is 30.7 Å². The minimum absolute atomic E-state index is 0.263. The van der Waals surface area contributed by atoms with Crippen molar-refractivity contribution in [2.24, 2.45) is 0 Å². The summed E-state index contributed by atoms with van der Waals surface area (Å²) in [6.07, 6.45) is 6.31. The molecule has 106 valence electrons. The lowest BCUT2D eigenvalue weighted by Gasteiger charge is -2.19.